The van der Waals surface area contributed by atoms with Gasteiger partial charge in [0.25, 0.3) is 5.91 Å². The summed E-state index contributed by atoms with van der Waals surface area (Å²) in [5, 5.41) is 15.1. The van der Waals surface area contributed by atoms with Gasteiger partial charge < -0.3 is 20.5 Å². The number of halogens is 1. The van der Waals surface area contributed by atoms with Gasteiger partial charge in [0.05, 0.1) is 12.3 Å². The first kappa shape index (κ1) is 15.2. The van der Waals surface area contributed by atoms with Gasteiger partial charge in [0.1, 0.15) is 16.3 Å². The maximum absolute atomic E-state index is 13.7. The molecule has 0 aromatic heterocycles. The summed E-state index contributed by atoms with van der Waals surface area (Å²) in [6.07, 6.45) is 0.310. The number of carbonyl (C=O) groups excluding carboxylic acids is 1. The number of hydrogen-bond acceptors (Lipinski definition) is 4. The van der Waals surface area contributed by atoms with E-state index in [4.69, 9.17) is 17.0 Å². The van der Waals surface area contributed by atoms with Gasteiger partial charge in [-0.25, -0.2) is 4.39 Å². The molecule has 1 amide bonds. The number of rotatable bonds is 4. The number of carbonyl (C=O) groups is 1. The van der Waals surface area contributed by atoms with Crippen LogP contribution in [0, 0.1) is 5.82 Å². The van der Waals surface area contributed by atoms with Crippen LogP contribution >= 0.6 is 12.2 Å². The lowest BCUT2D eigenvalue weighted by Gasteiger charge is -2.19. The van der Waals surface area contributed by atoms with E-state index < -0.39 is 11.7 Å². The Hall–Kier alpha value is -2.15. The van der Waals surface area contributed by atoms with E-state index in [1.165, 1.54) is 12.1 Å². The summed E-state index contributed by atoms with van der Waals surface area (Å²) < 4.78 is 19.0. The maximum Gasteiger partial charge on any atom is 0.257 e. The minimum atomic E-state index is -0.532. The quantitative estimate of drug-likeness (QED) is 0.744. The highest BCUT2D eigenvalue weighted by Crippen LogP contribution is 2.28. The first-order valence-corrected chi connectivity index (χ1v) is 6.88. The molecular formula is C14H15FN2O3S. The number of para-hydroxylation sites is 1. The maximum atomic E-state index is 13.7. The van der Waals surface area contributed by atoms with Crippen molar-refractivity contribution in [3.8, 4) is 5.75 Å². The number of thiocarbonyl (C=S) groups is 1. The second kappa shape index (κ2) is 6.53. The molecule has 2 rings (SSSR count). The third-order valence-corrected chi connectivity index (χ3v) is 3.20. The SMILES string of the molecule is CCOc1c(F)cccc1NC(=S)C1=C(O)CCNC1=O. The minimum absolute atomic E-state index is 0.00274. The lowest BCUT2D eigenvalue weighted by atomic mass is 10.1. The Morgan fingerprint density at radius 3 is 3.00 bits per heavy atom. The second-order valence-electron chi connectivity index (χ2n) is 4.33. The molecule has 112 valence electrons. The number of benzene rings is 1. The van der Waals surface area contributed by atoms with Gasteiger partial charge in [0.15, 0.2) is 11.6 Å². The van der Waals surface area contributed by atoms with E-state index in [0.717, 1.165) is 0 Å². The molecule has 21 heavy (non-hydrogen) atoms. The fraction of sp³-hybridized carbons (Fsp3) is 0.286. The average molecular weight is 310 g/mol. The van der Waals surface area contributed by atoms with Crippen molar-refractivity contribution in [3.63, 3.8) is 0 Å². The molecule has 0 saturated heterocycles. The molecule has 0 bridgehead atoms. The Morgan fingerprint density at radius 1 is 1.57 bits per heavy atom. The molecule has 1 heterocycles. The van der Waals surface area contributed by atoms with Crippen molar-refractivity contribution >= 4 is 28.8 Å². The summed E-state index contributed by atoms with van der Waals surface area (Å²) in [6.45, 7) is 2.38. The van der Waals surface area contributed by atoms with Crippen molar-refractivity contribution in [1.29, 1.82) is 0 Å². The van der Waals surface area contributed by atoms with E-state index in [1.807, 2.05) is 0 Å². The van der Waals surface area contributed by atoms with Gasteiger partial charge in [-0.2, -0.15) is 0 Å². The monoisotopic (exact) mass is 310 g/mol. The molecule has 1 aromatic carbocycles. The zero-order valence-electron chi connectivity index (χ0n) is 11.4. The Labute approximate surface area is 126 Å². The Morgan fingerprint density at radius 2 is 2.33 bits per heavy atom. The largest absolute Gasteiger partial charge is 0.511 e. The van der Waals surface area contributed by atoms with Crippen molar-refractivity contribution in [2.45, 2.75) is 13.3 Å². The lowest BCUT2D eigenvalue weighted by Crippen LogP contribution is -2.36. The molecule has 0 radical (unpaired) electrons. The lowest BCUT2D eigenvalue weighted by molar-refractivity contribution is -0.117. The molecule has 7 heteroatoms. The zero-order valence-corrected chi connectivity index (χ0v) is 12.2. The van der Waals surface area contributed by atoms with Crippen LogP contribution in [0.2, 0.25) is 0 Å². The predicted octanol–water partition coefficient (Wildman–Crippen LogP) is 2.30. The molecule has 5 nitrogen and oxygen atoms in total. The van der Waals surface area contributed by atoms with Gasteiger partial charge >= 0.3 is 0 Å². The molecule has 1 aliphatic rings. The van der Waals surface area contributed by atoms with Crippen LogP contribution < -0.4 is 15.4 Å². The van der Waals surface area contributed by atoms with Crippen LogP contribution in [-0.2, 0) is 4.79 Å². The van der Waals surface area contributed by atoms with Crippen molar-refractivity contribution in [2.75, 3.05) is 18.5 Å². The van der Waals surface area contributed by atoms with Gasteiger partial charge in [-0.05, 0) is 19.1 Å². The Balaban J connectivity index is 2.28. The molecule has 1 aromatic rings. The Bertz CT molecular complexity index is 616. The third kappa shape index (κ3) is 3.30. The van der Waals surface area contributed by atoms with Gasteiger partial charge in [-0.3, -0.25) is 4.79 Å². The standard InChI is InChI=1S/C14H15FN2O3S/c1-2-20-12-8(15)4-3-5-9(12)17-14(21)11-10(18)6-7-16-13(11)19/h3-5,18H,2,6-7H2,1H3,(H,16,19)(H,17,21). The topological polar surface area (TPSA) is 70.6 Å². The van der Waals surface area contributed by atoms with Gasteiger partial charge in [-0.15, -0.1) is 0 Å². The molecule has 0 saturated carbocycles. The molecular weight excluding hydrogens is 295 g/mol. The van der Waals surface area contributed by atoms with E-state index in [-0.39, 0.29) is 28.7 Å². The molecule has 1 aliphatic heterocycles. The minimum Gasteiger partial charge on any atom is -0.511 e. The van der Waals surface area contributed by atoms with Crippen molar-refractivity contribution in [1.82, 2.24) is 5.32 Å². The number of nitrogens with one attached hydrogen (secondary N) is 2. The fourth-order valence-corrected chi connectivity index (χ4v) is 2.28. The second-order valence-corrected chi connectivity index (χ2v) is 4.74. The number of aliphatic hydroxyl groups is 1. The van der Waals surface area contributed by atoms with Gasteiger partial charge in [-0.1, -0.05) is 18.3 Å². The number of hydrogen-bond donors (Lipinski definition) is 3. The molecule has 0 aliphatic carbocycles. The van der Waals surface area contributed by atoms with Crippen LogP contribution in [0.15, 0.2) is 29.5 Å². The van der Waals surface area contributed by atoms with Crippen LogP contribution in [0.5, 0.6) is 5.75 Å². The van der Waals surface area contributed by atoms with Crippen LogP contribution in [-0.4, -0.2) is 29.2 Å². The molecule has 0 atom stereocenters. The molecule has 0 unspecified atom stereocenters. The average Bonchev–Trinajstić information content (AvgIpc) is 2.42. The van der Waals surface area contributed by atoms with E-state index in [2.05, 4.69) is 10.6 Å². The summed E-state index contributed by atoms with van der Waals surface area (Å²) in [4.78, 5) is 11.8. The number of aliphatic hydroxyl groups excluding tert-OH is 1. The Kier molecular flexibility index (Phi) is 4.74. The number of ether oxygens (including phenoxy) is 1. The van der Waals surface area contributed by atoms with Crippen molar-refractivity contribution < 1.29 is 19.0 Å². The fourth-order valence-electron chi connectivity index (χ4n) is 1.96. The van der Waals surface area contributed by atoms with Crippen molar-refractivity contribution in [3.05, 3.63) is 35.3 Å². The predicted molar refractivity (Wildman–Crippen MR) is 81.1 cm³/mol. The summed E-state index contributed by atoms with van der Waals surface area (Å²) in [5.41, 5.74) is 0.309. The summed E-state index contributed by atoms with van der Waals surface area (Å²) in [6, 6.07) is 4.35. The number of amides is 1. The van der Waals surface area contributed by atoms with Crippen LogP contribution in [0.4, 0.5) is 10.1 Å². The highest BCUT2D eigenvalue weighted by molar-refractivity contribution is 7.81. The first-order chi connectivity index (χ1) is 10.0. The zero-order chi connectivity index (χ0) is 15.4. The first-order valence-electron chi connectivity index (χ1n) is 6.47. The van der Waals surface area contributed by atoms with Crippen LogP contribution in [0.25, 0.3) is 0 Å². The summed E-state index contributed by atoms with van der Waals surface area (Å²) >= 11 is 5.13. The smallest absolute Gasteiger partial charge is 0.257 e. The highest BCUT2D eigenvalue weighted by atomic mass is 32.1. The molecule has 0 spiro atoms. The molecule has 0 fully saturated rings. The third-order valence-electron chi connectivity index (χ3n) is 2.89. The normalized spacial score (nSPS) is 14.7. The van der Waals surface area contributed by atoms with Crippen LogP contribution in [0.1, 0.15) is 13.3 Å². The number of anilines is 1. The van der Waals surface area contributed by atoms with E-state index >= 15 is 0 Å². The van der Waals surface area contributed by atoms with E-state index in [0.29, 0.717) is 18.7 Å². The summed E-state index contributed by atoms with van der Waals surface area (Å²) in [5.74, 6) is -1.04. The van der Waals surface area contributed by atoms with Gasteiger partial charge in [0, 0.05) is 13.0 Å². The van der Waals surface area contributed by atoms with E-state index in [9.17, 15) is 14.3 Å². The van der Waals surface area contributed by atoms with E-state index in [1.54, 1.807) is 13.0 Å². The highest BCUT2D eigenvalue weighted by Gasteiger charge is 2.24. The van der Waals surface area contributed by atoms with Gasteiger partial charge in [0.2, 0.25) is 0 Å². The molecule has 3 N–H and O–H groups in total. The van der Waals surface area contributed by atoms with Crippen LogP contribution in [0.3, 0.4) is 0 Å². The summed E-state index contributed by atoms with van der Waals surface area (Å²) in [7, 11) is 0. The van der Waals surface area contributed by atoms with Crippen molar-refractivity contribution in [2.24, 2.45) is 0 Å².